The average Bonchev–Trinajstić information content (AvgIpc) is 2.86. The van der Waals surface area contributed by atoms with Crippen LogP contribution < -0.4 is 11.1 Å². The van der Waals surface area contributed by atoms with Crippen molar-refractivity contribution in [1.29, 1.82) is 0 Å². The van der Waals surface area contributed by atoms with Gasteiger partial charge in [-0.2, -0.15) is 5.10 Å². The molecule has 6 nitrogen and oxygen atoms in total. The van der Waals surface area contributed by atoms with Gasteiger partial charge in [0.2, 0.25) is 5.91 Å². The molecule has 20 heavy (non-hydrogen) atoms. The van der Waals surface area contributed by atoms with Crippen LogP contribution in [0.1, 0.15) is 19.4 Å². The Morgan fingerprint density at radius 2 is 2.05 bits per heavy atom. The summed E-state index contributed by atoms with van der Waals surface area (Å²) in [5.41, 5.74) is 6.81. The van der Waals surface area contributed by atoms with E-state index in [0.717, 1.165) is 5.56 Å². The van der Waals surface area contributed by atoms with Gasteiger partial charge in [-0.15, -0.1) is 0 Å². The Balaban J connectivity index is 1.97. The Bertz CT molecular complexity index is 564. The maximum absolute atomic E-state index is 11.9. The van der Waals surface area contributed by atoms with E-state index < -0.39 is 0 Å². The van der Waals surface area contributed by atoms with Gasteiger partial charge in [0.25, 0.3) is 0 Å². The number of amides is 1. The summed E-state index contributed by atoms with van der Waals surface area (Å²) in [7, 11) is 0. The Kier molecular flexibility index (Phi) is 4.47. The number of hydrogen-bond donors (Lipinski definition) is 2. The van der Waals surface area contributed by atoms with Gasteiger partial charge in [0.05, 0.1) is 12.5 Å². The van der Waals surface area contributed by atoms with E-state index in [9.17, 15) is 4.79 Å². The van der Waals surface area contributed by atoms with Gasteiger partial charge in [-0.25, -0.2) is 0 Å². The highest BCUT2D eigenvalue weighted by Crippen LogP contribution is 2.09. The number of aromatic nitrogens is 3. The summed E-state index contributed by atoms with van der Waals surface area (Å²) in [6.45, 7) is 4.25. The second-order valence-electron chi connectivity index (χ2n) is 4.89. The molecule has 2 aromatic heterocycles. The monoisotopic (exact) mass is 273 g/mol. The van der Waals surface area contributed by atoms with E-state index in [0.29, 0.717) is 12.4 Å². The molecule has 0 spiro atoms. The van der Waals surface area contributed by atoms with Crippen molar-refractivity contribution >= 4 is 11.7 Å². The number of hydrogen-bond acceptors (Lipinski definition) is 4. The van der Waals surface area contributed by atoms with Crippen LogP contribution in [-0.4, -0.2) is 26.7 Å². The number of carbonyl (C=O) groups excluding carboxylic acids is 1. The third kappa shape index (κ3) is 3.64. The van der Waals surface area contributed by atoms with Gasteiger partial charge >= 0.3 is 0 Å². The molecule has 0 saturated carbocycles. The van der Waals surface area contributed by atoms with Gasteiger partial charge in [0, 0.05) is 30.7 Å². The zero-order valence-corrected chi connectivity index (χ0v) is 11.7. The molecule has 0 aliphatic heterocycles. The highest BCUT2D eigenvalue weighted by Gasteiger charge is 2.17. The fourth-order valence-corrected chi connectivity index (χ4v) is 1.67. The van der Waals surface area contributed by atoms with Crippen LogP contribution in [0.3, 0.4) is 0 Å². The molecule has 106 valence electrons. The minimum absolute atomic E-state index is 0.117. The van der Waals surface area contributed by atoms with E-state index in [1.54, 1.807) is 30.1 Å². The number of carbonyl (C=O) groups is 1. The molecule has 2 aromatic rings. The summed E-state index contributed by atoms with van der Waals surface area (Å²) in [4.78, 5) is 15.8. The van der Waals surface area contributed by atoms with E-state index in [1.165, 1.54) is 0 Å². The molecule has 1 amide bonds. The molecule has 0 fully saturated rings. The van der Waals surface area contributed by atoms with Crippen molar-refractivity contribution in [3.63, 3.8) is 0 Å². The smallest absolute Gasteiger partial charge is 0.229 e. The average molecular weight is 273 g/mol. The first kappa shape index (κ1) is 14.2. The molecule has 2 rings (SSSR count). The third-order valence-electron chi connectivity index (χ3n) is 3.19. The SMILES string of the molecule is CC(N)C(C)C(=O)Nc1ccn(Cc2ccncc2)n1. The molecule has 2 heterocycles. The normalized spacial score (nSPS) is 13.8. The lowest BCUT2D eigenvalue weighted by atomic mass is 10.0. The van der Waals surface area contributed by atoms with Crippen molar-refractivity contribution in [2.45, 2.75) is 26.4 Å². The second kappa shape index (κ2) is 6.29. The predicted molar refractivity (Wildman–Crippen MR) is 77.0 cm³/mol. The van der Waals surface area contributed by atoms with E-state index in [1.807, 2.05) is 25.3 Å². The van der Waals surface area contributed by atoms with Crippen molar-refractivity contribution in [1.82, 2.24) is 14.8 Å². The molecule has 0 aliphatic rings. The van der Waals surface area contributed by atoms with Crippen molar-refractivity contribution in [2.75, 3.05) is 5.32 Å². The van der Waals surface area contributed by atoms with Gasteiger partial charge in [0.15, 0.2) is 5.82 Å². The second-order valence-corrected chi connectivity index (χ2v) is 4.89. The molecule has 0 aliphatic carbocycles. The topological polar surface area (TPSA) is 85.8 Å². The molecule has 6 heteroatoms. The lowest BCUT2D eigenvalue weighted by Gasteiger charge is -2.13. The van der Waals surface area contributed by atoms with Gasteiger partial charge in [0.1, 0.15) is 0 Å². The number of nitrogens with zero attached hydrogens (tertiary/aromatic N) is 3. The van der Waals surface area contributed by atoms with Crippen LogP contribution in [0.5, 0.6) is 0 Å². The van der Waals surface area contributed by atoms with Crippen LogP contribution in [0.25, 0.3) is 0 Å². The van der Waals surface area contributed by atoms with Gasteiger partial charge in [-0.3, -0.25) is 14.5 Å². The molecular formula is C14H19N5O. The Morgan fingerprint density at radius 1 is 1.35 bits per heavy atom. The van der Waals surface area contributed by atoms with Crippen molar-refractivity contribution in [3.05, 3.63) is 42.4 Å². The zero-order valence-electron chi connectivity index (χ0n) is 11.7. The summed E-state index contributed by atoms with van der Waals surface area (Å²) in [5, 5.41) is 7.08. The predicted octanol–water partition coefficient (Wildman–Crippen LogP) is 1.25. The Hall–Kier alpha value is -2.21. The fourth-order valence-electron chi connectivity index (χ4n) is 1.67. The highest BCUT2D eigenvalue weighted by atomic mass is 16.2. The minimum Gasteiger partial charge on any atom is -0.327 e. The Morgan fingerprint density at radius 3 is 2.70 bits per heavy atom. The van der Waals surface area contributed by atoms with Crippen LogP contribution in [0.15, 0.2) is 36.8 Å². The van der Waals surface area contributed by atoms with E-state index >= 15 is 0 Å². The number of nitrogens with one attached hydrogen (secondary N) is 1. The summed E-state index contributed by atoms with van der Waals surface area (Å²) in [5.74, 6) is 0.172. The summed E-state index contributed by atoms with van der Waals surface area (Å²) in [6.07, 6.45) is 5.31. The molecule has 2 atom stereocenters. The van der Waals surface area contributed by atoms with Gasteiger partial charge in [-0.05, 0) is 24.6 Å². The van der Waals surface area contributed by atoms with Crippen LogP contribution in [0, 0.1) is 5.92 Å². The van der Waals surface area contributed by atoms with E-state index in [2.05, 4.69) is 15.4 Å². The number of anilines is 1. The molecule has 0 aromatic carbocycles. The summed E-state index contributed by atoms with van der Waals surface area (Å²) >= 11 is 0. The van der Waals surface area contributed by atoms with Crippen molar-refractivity contribution < 1.29 is 4.79 Å². The number of pyridine rings is 1. The quantitative estimate of drug-likeness (QED) is 0.858. The van der Waals surface area contributed by atoms with Gasteiger partial charge < -0.3 is 11.1 Å². The lowest BCUT2D eigenvalue weighted by Crippen LogP contribution is -2.34. The maximum atomic E-state index is 11.9. The lowest BCUT2D eigenvalue weighted by molar-refractivity contribution is -0.119. The van der Waals surface area contributed by atoms with Crippen LogP contribution in [0.2, 0.25) is 0 Å². The molecular weight excluding hydrogens is 254 g/mol. The van der Waals surface area contributed by atoms with Crippen LogP contribution in [-0.2, 0) is 11.3 Å². The summed E-state index contributed by atoms with van der Waals surface area (Å²) < 4.78 is 1.77. The standard InChI is InChI=1S/C14H19N5O/c1-10(11(2)15)14(20)17-13-5-8-19(18-13)9-12-3-6-16-7-4-12/h3-8,10-11H,9,15H2,1-2H3,(H,17,18,20). The molecule has 0 saturated heterocycles. The first-order valence-electron chi connectivity index (χ1n) is 6.55. The minimum atomic E-state index is -0.250. The van der Waals surface area contributed by atoms with Crippen molar-refractivity contribution in [3.8, 4) is 0 Å². The van der Waals surface area contributed by atoms with Crippen LogP contribution >= 0.6 is 0 Å². The number of nitrogens with two attached hydrogens (primary N) is 1. The molecule has 3 N–H and O–H groups in total. The highest BCUT2D eigenvalue weighted by molar-refractivity contribution is 5.91. The summed E-state index contributed by atoms with van der Waals surface area (Å²) in [6, 6.07) is 5.44. The fraction of sp³-hybridized carbons (Fsp3) is 0.357. The first-order chi connectivity index (χ1) is 9.56. The van der Waals surface area contributed by atoms with E-state index in [4.69, 9.17) is 5.73 Å². The van der Waals surface area contributed by atoms with Gasteiger partial charge in [-0.1, -0.05) is 6.92 Å². The Labute approximate surface area is 118 Å². The molecule has 0 radical (unpaired) electrons. The molecule has 2 unspecified atom stereocenters. The van der Waals surface area contributed by atoms with E-state index in [-0.39, 0.29) is 17.9 Å². The third-order valence-corrected chi connectivity index (χ3v) is 3.19. The largest absolute Gasteiger partial charge is 0.327 e. The molecule has 0 bridgehead atoms. The van der Waals surface area contributed by atoms with Crippen molar-refractivity contribution in [2.24, 2.45) is 11.7 Å². The zero-order chi connectivity index (χ0) is 14.5. The first-order valence-corrected chi connectivity index (χ1v) is 6.55. The maximum Gasteiger partial charge on any atom is 0.229 e. The van der Waals surface area contributed by atoms with Crippen LogP contribution in [0.4, 0.5) is 5.82 Å². The number of rotatable bonds is 5.